The van der Waals surface area contributed by atoms with Gasteiger partial charge in [-0.15, -0.1) is 13.2 Å². The van der Waals surface area contributed by atoms with E-state index in [9.17, 15) is 0 Å². The van der Waals surface area contributed by atoms with Crippen LogP contribution in [0.2, 0.25) is 0 Å². The molecule has 0 fully saturated rings. The molecule has 0 radical (unpaired) electrons. The second-order valence-corrected chi connectivity index (χ2v) is 4.43. The molecule has 0 N–H and O–H groups in total. The molecule has 18 heavy (non-hydrogen) atoms. The van der Waals surface area contributed by atoms with Crippen molar-refractivity contribution in [2.45, 2.75) is 13.8 Å². The van der Waals surface area contributed by atoms with Crippen LogP contribution in [0.25, 0.3) is 0 Å². The zero-order chi connectivity index (χ0) is 13.4. The molecule has 2 nitrogen and oxygen atoms in total. The van der Waals surface area contributed by atoms with Gasteiger partial charge in [-0.1, -0.05) is 18.2 Å². The highest BCUT2D eigenvalue weighted by molar-refractivity contribution is 5.33. The van der Waals surface area contributed by atoms with Crippen LogP contribution in [0, 0.1) is 13.8 Å². The summed E-state index contributed by atoms with van der Waals surface area (Å²) in [5.74, 6) is 0.940. The smallest absolute Gasteiger partial charge is 0.119 e. The van der Waals surface area contributed by atoms with E-state index >= 15 is 0 Å². The van der Waals surface area contributed by atoms with Crippen LogP contribution in [0.4, 0.5) is 0 Å². The third-order valence-corrected chi connectivity index (χ3v) is 2.93. The van der Waals surface area contributed by atoms with E-state index in [0.29, 0.717) is 6.61 Å². The van der Waals surface area contributed by atoms with Crippen molar-refractivity contribution < 1.29 is 4.74 Å². The van der Waals surface area contributed by atoms with Crippen molar-refractivity contribution in [2.75, 3.05) is 26.2 Å². The molecule has 0 bridgehead atoms. The lowest BCUT2D eigenvalue weighted by atomic mass is 10.1. The van der Waals surface area contributed by atoms with Crippen molar-refractivity contribution in [1.82, 2.24) is 4.90 Å². The van der Waals surface area contributed by atoms with Gasteiger partial charge in [0, 0.05) is 19.6 Å². The van der Waals surface area contributed by atoms with Gasteiger partial charge in [-0.25, -0.2) is 0 Å². The SMILES string of the molecule is C=CCN(CC=C)CCOc1ccc(C)c(C)c1. The number of aryl methyl sites for hydroxylation is 2. The van der Waals surface area contributed by atoms with Gasteiger partial charge in [0.25, 0.3) is 0 Å². The first-order chi connectivity index (χ1) is 8.67. The normalized spacial score (nSPS) is 10.4. The van der Waals surface area contributed by atoms with E-state index in [1.807, 2.05) is 18.2 Å². The number of hydrogen-bond donors (Lipinski definition) is 0. The molecule has 0 spiro atoms. The van der Waals surface area contributed by atoms with E-state index in [1.54, 1.807) is 0 Å². The highest BCUT2D eigenvalue weighted by Gasteiger charge is 2.01. The maximum atomic E-state index is 5.75. The molecule has 0 atom stereocenters. The van der Waals surface area contributed by atoms with Gasteiger partial charge in [-0.3, -0.25) is 4.90 Å². The molecule has 1 rings (SSSR count). The van der Waals surface area contributed by atoms with Gasteiger partial charge in [0.2, 0.25) is 0 Å². The van der Waals surface area contributed by atoms with Crippen molar-refractivity contribution in [2.24, 2.45) is 0 Å². The summed E-state index contributed by atoms with van der Waals surface area (Å²) in [4.78, 5) is 2.24. The molecule has 98 valence electrons. The Morgan fingerprint density at radius 3 is 2.33 bits per heavy atom. The second kappa shape index (κ2) is 7.72. The number of hydrogen-bond acceptors (Lipinski definition) is 2. The van der Waals surface area contributed by atoms with Gasteiger partial charge in [-0.05, 0) is 37.1 Å². The molecule has 0 heterocycles. The largest absolute Gasteiger partial charge is 0.492 e. The van der Waals surface area contributed by atoms with Crippen LogP contribution in [0.1, 0.15) is 11.1 Å². The molecule has 1 aromatic rings. The van der Waals surface area contributed by atoms with Crippen LogP contribution in [-0.4, -0.2) is 31.1 Å². The van der Waals surface area contributed by atoms with Crippen LogP contribution in [0.3, 0.4) is 0 Å². The Morgan fingerprint density at radius 2 is 1.78 bits per heavy atom. The van der Waals surface area contributed by atoms with Crippen molar-refractivity contribution in [3.05, 3.63) is 54.6 Å². The molecule has 2 heteroatoms. The Labute approximate surface area is 111 Å². The molecule has 0 saturated carbocycles. The summed E-state index contributed by atoms with van der Waals surface area (Å²) < 4.78 is 5.75. The first-order valence-corrected chi connectivity index (χ1v) is 6.31. The Morgan fingerprint density at radius 1 is 1.11 bits per heavy atom. The maximum Gasteiger partial charge on any atom is 0.119 e. The minimum atomic E-state index is 0.685. The number of rotatable bonds is 8. The number of ether oxygens (including phenoxy) is 1. The first-order valence-electron chi connectivity index (χ1n) is 6.31. The van der Waals surface area contributed by atoms with Crippen LogP contribution in [0.5, 0.6) is 5.75 Å². The molecular formula is C16H23NO. The summed E-state index contributed by atoms with van der Waals surface area (Å²) in [6, 6.07) is 6.20. The van der Waals surface area contributed by atoms with Gasteiger partial charge in [-0.2, -0.15) is 0 Å². The molecule has 0 aromatic heterocycles. The van der Waals surface area contributed by atoms with Gasteiger partial charge in [0.1, 0.15) is 12.4 Å². The Bertz CT molecular complexity index is 388. The predicted octanol–water partition coefficient (Wildman–Crippen LogP) is 3.36. The lowest BCUT2D eigenvalue weighted by molar-refractivity contribution is 0.236. The van der Waals surface area contributed by atoms with Gasteiger partial charge in [0.15, 0.2) is 0 Å². The average molecular weight is 245 g/mol. The van der Waals surface area contributed by atoms with Gasteiger partial charge in [0.05, 0.1) is 0 Å². The first kappa shape index (κ1) is 14.5. The van der Waals surface area contributed by atoms with Crippen LogP contribution >= 0.6 is 0 Å². The topological polar surface area (TPSA) is 12.5 Å². The highest BCUT2D eigenvalue weighted by Crippen LogP contribution is 2.16. The molecule has 0 aliphatic rings. The fourth-order valence-electron chi connectivity index (χ4n) is 1.72. The lowest BCUT2D eigenvalue weighted by Crippen LogP contribution is -2.28. The van der Waals surface area contributed by atoms with Crippen LogP contribution in [0.15, 0.2) is 43.5 Å². The van der Waals surface area contributed by atoms with Crippen molar-refractivity contribution in [3.8, 4) is 5.75 Å². The van der Waals surface area contributed by atoms with Crippen molar-refractivity contribution >= 4 is 0 Å². The summed E-state index contributed by atoms with van der Waals surface area (Å²) in [7, 11) is 0. The second-order valence-electron chi connectivity index (χ2n) is 4.43. The Hall–Kier alpha value is -1.54. The van der Waals surface area contributed by atoms with E-state index in [1.165, 1.54) is 11.1 Å². The molecule has 0 aliphatic heterocycles. The summed E-state index contributed by atoms with van der Waals surface area (Å²) in [5.41, 5.74) is 2.56. The highest BCUT2D eigenvalue weighted by atomic mass is 16.5. The minimum absolute atomic E-state index is 0.685. The summed E-state index contributed by atoms with van der Waals surface area (Å²) in [6.45, 7) is 15.0. The van der Waals surface area contributed by atoms with E-state index in [0.717, 1.165) is 25.4 Å². The molecular weight excluding hydrogens is 222 g/mol. The lowest BCUT2D eigenvalue weighted by Gasteiger charge is -2.18. The zero-order valence-corrected chi connectivity index (χ0v) is 11.5. The van der Waals surface area contributed by atoms with Gasteiger partial charge >= 0.3 is 0 Å². The predicted molar refractivity (Wildman–Crippen MR) is 78.2 cm³/mol. The fraction of sp³-hybridized carbons (Fsp3) is 0.375. The molecule has 0 amide bonds. The number of nitrogens with zero attached hydrogens (tertiary/aromatic N) is 1. The summed E-state index contributed by atoms with van der Waals surface area (Å²) >= 11 is 0. The van der Waals surface area contributed by atoms with E-state index in [2.05, 4.69) is 44.0 Å². The Kier molecular flexibility index (Phi) is 6.23. The molecule has 0 saturated heterocycles. The van der Waals surface area contributed by atoms with E-state index in [4.69, 9.17) is 4.74 Å². The monoisotopic (exact) mass is 245 g/mol. The molecule has 0 unspecified atom stereocenters. The van der Waals surface area contributed by atoms with Gasteiger partial charge < -0.3 is 4.74 Å². The number of benzene rings is 1. The minimum Gasteiger partial charge on any atom is -0.492 e. The summed E-state index contributed by atoms with van der Waals surface area (Å²) in [5, 5.41) is 0. The zero-order valence-electron chi connectivity index (χ0n) is 11.5. The standard InChI is InChI=1S/C16H23NO/c1-5-9-17(10-6-2)11-12-18-16-8-7-14(3)15(4)13-16/h5-8,13H,1-2,9-12H2,3-4H3. The van der Waals surface area contributed by atoms with Crippen LogP contribution < -0.4 is 4.74 Å². The fourth-order valence-corrected chi connectivity index (χ4v) is 1.72. The van der Waals surface area contributed by atoms with E-state index < -0.39 is 0 Å². The van der Waals surface area contributed by atoms with E-state index in [-0.39, 0.29) is 0 Å². The van der Waals surface area contributed by atoms with Crippen molar-refractivity contribution in [1.29, 1.82) is 0 Å². The molecule has 0 aliphatic carbocycles. The Balaban J connectivity index is 2.41. The van der Waals surface area contributed by atoms with Crippen LogP contribution in [-0.2, 0) is 0 Å². The third-order valence-electron chi connectivity index (χ3n) is 2.93. The quantitative estimate of drug-likeness (QED) is 0.651. The maximum absolute atomic E-state index is 5.75. The average Bonchev–Trinajstić information content (AvgIpc) is 2.34. The third kappa shape index (κ3) is 4.76. The molecule has 1 aromatic carbocycles. The summed E-state index contributed by atoms with van der Waals surface area (Å²) in [6.07, 6.45) is 3.80. The van der Waals surface area contributed by atoms with Crippen molar-refractivity contribution in [3.63, 3.8) is 0 Å².